The average molecular weight is 153 g/mol. The average Bonchev–Trinajstić information content (AvgIpc) is 1.99. The van der Waals surface area contributed by atoms with Crippen molar-refractivity contribution in [3.8, 4) is 0 Å². The van der Waals surface area contributed by atoms with Crippen molar-refractivity contribution in [2.24, 2.45) is 0 Å². The molecular weight excluding hydrogens is 140 g/mol. The summed E-state index contributed by atoms with van der Waals surface area (Å²) in [4.78, 5) is 9.76. The molecule has 0 aliphatic heterocycles. The van der Waals surface area contributed by atoms with Gasteiger partial charge in [0.1, 0.15) is 5.76 Å². The van der Waals surface area contributed by atoms with Crippen LogP contribution in [0.4, 0.5) is 0 Å². The Labute approximate surface area is 67.6 Å². The summed E-state index contributed by atoms with van der Waals surface area (Å²) in [6.45, 7) is 9.24. The lowest BCUT2D eigenvalue weighted by molar-refractivity contribution is -0.125. The van der Waals surface area contributed by atoms with Gasteiger partial charge in [0.25, 0.3) is 6.47 Å². The molecule has 0 rings (SSSR count). The fraction of sp³-hybridized carbons (Fsp3) is 0.444. The maximum absolute atomic E-state index is 9.76. The standard InChI is InChI=1S/C9H13O2/c1-3-4-5-6-7-9(2)11-8-10/h2-3,8H,1,4-7H2. The molecule has 0 amide bonds. The minimum absolute atomic E-state index is 0.295. The summed E-state index contributed by atoms with van der Waals surface area (Å²) in [5, 5.41) is 0. The Morgan fingerprint density at radius 2 is 2.27 bits per heavy atom. The van der Waals surface area contributed by atoms with Crippen LogP contribution in [-0.2, 0) is 9.53 Å². The third-order valence-corrected chi connectivity index (χ3v) is 1.28. The topological polar surface area (TPSA) is 26.3 Å². The van der Waals surface area contributed by atoms with Crippen LogP contribution in [0, 0.1) is 6.58 Å². The van der Waals surface area contributed by atoms with Crippen LogP contribution in [0.3, 0.4) is 0 Å². The Hall–Kier alpha value is -1.05. The molecule has 0 atom stereocenters. The van der Waals surface area contributed by atoms with Gasteiger partial charge in [-0.15, -0.1) is 6.58 Å². The molecule has 0 unspecified atom stereocenters. The molecule has 0 bridgehead atoms. The lowest BCUT2D eigenvalue weighted by atomic mass is 10.2. The first-order valence-electron chi connectivity index (χ1n) is 3.63. The molecule has 0 saturated heterocycles. The van der Waals surface area contributed by atoms with E-state index in [1.807, 2.05) is 6.08 Å². The molecule has 0 N–H and O–H groups in total. The molecule has 0 heterocycles. The molecule has 0 aromatic carbocycles. The molecule has 0 saturated carbocycles. The lowest BCUT2D eigenvalue weighted by Gasteiger charge is -1.99. The summed E-state index contributed by atoms with van der Waals surface area (Å²) < 4.78 is 4.41. The predicted molar refractivity (Wildman–Crippen MR) is 43.6 cm³/mol. The third kappa shape index (κ3) is 6.84. The molecular formula is C9H13O2. The Bertz CT molecular complexity index is 138. The molecule has 0 aromatic heterocycles. The van der Waals surface area contributed by atoms with Crippen molar-refractivity contribution in [2.45, 2.75) is 25.7 Å². The molecule has 11 heavy (non-hydrogen) atoms. The summed E-state index contributed by atoms with van der Waals surface area (Å²) in [7, 11) is 0. The largest absolute Gasteiger partial charge is 0.433 e. The summed E-state index contributed by atoms with van der Waals surface area (Å²) in [6.07, 6.45) is 5.45. The van der Waals surface area contributed by atoms with Gasteiger partial charge >= 0.3 is 0 Å². The highest BCUT2D eigenvalue weighted by Gasteiger charge is 1.93. The number of carbonyl (C=O) groups excluding carboxylic acids is 1. The van der Waals surface area contributed by atoms with Crippen molar-refractivity contribution < 1.29 is 9.53 Å². The van der Waals surface area contributed by atoms with E-state index < -0.39 is 0 Å². The number of hydrogen-bond donors (Lipinski definition) is 0. The number of carbonyl (C=O) groups is 1. The molecule has 2 heteroatoms. The van der Waals surface area contributed by atoms with Crippen LogP contribution < -0.4 is 0 Å². The number of unbranched alkanes of at least 4 members (excludes halogenated alkanes) is 2. The Morgan fingerprint density at radius 1 is 1.55 bits per heavy atom. The second-order valence-electron chi connectivity index (χ2n) is 2.21. The normalized spacial score (nSPS) is 8.73. The number of ether oxygens (including phenoxy) is 1. The smallest absolute Gasteiger partial charge is 0.298 e. The second-order valence-corrected chi connectivity index (χ2v) is 2.21. The van der Waals surface area contributed by atoms with Crippen LogP contribution in [0.1, 0.15) is 25.7 Å². The second kappa shape index (κ2) is 7.06. The highest BCUT2D eigenvalue weighted by molar-refractivity contribution is 5.39. The molecule has 2 nitrogen and oxygen atoms in total. The maximum atomic E-state index is 9.76. The van der Waals surface area contributed by atoms with Gasteiger partial charge in [0.05, 0.1) is 0 Å². The van der Waals surface area contributed by atoms with E-state index in [1.165, 1.54) is 0 Å². The first-order chi connectivity index (χ1) is 5.31. The molecule has 1 radical (unpaired) electrons. The van der Waals surface area contributed by atoms with Crippen molar-refractivity contribution in [1.82, 2.24) is 0 Å². The zero-order chi connectivity index (χ0) is 8.53. The zero-order valence-corrected chi connectivity index (χ0v) is 6.58. The van der Waals surface area contributed by atoms with Crippen molar-refractivity contribution in [3.63, 3.8) is 0 Å². The first-order valence-corrected chi connectivity index (χ1v) is 3.63. The first kappa shape index (κ1) is 9.95. The summed E-state index contributed by atoms with van der Waals surface area (Å²) in [5.74, 6) is 0.295. The SMILES string of the molecule is [CH]=C(CCCCC=C)OC=O. The molecule has 0 fully saturated rings. The van der Waals surface area contributed by atoms with Crippen molar-refractivity contribution in [3.05, 3.63) is 25.0 Å². The van der Waals surface area contributed by atoms with Gasteiger partial charge < -0.3 is 4.74 Å². The van der Waals surface area contributed by atoms with Gasteiger partial charge in [0, 0.05) is 6.42 Å². The van der Waals surface area contributed by atoms with Gasteiger partial charge in [-0.25, -0.2) is 0 Å². The molecule has 0 spiro atoms. The minimum atomic E-state index is 0.295. The van der Waals surface area contributed by atoms with E-state index in [0.29, 0.717) is 18.7 Å². The van der Waals surface area contributed by atoms with Gasteiger partial charge in [0.15, 0.2) is 0 Å². The van der Waals surface area contributed by atoms with E-state index in [4.69, 9.17) is 6.58 Å². The number of hydrogen-bond acceptors (Lipinski definition) is 2. The van der Waals surface area contributed by atoms with Crippen molar-refractivity contribution >= 4 is 6.47 Å². The lowest BCUT2D eigenvalue weighted by Crippen LogP contribution is -1.87. The Morgan fingerprint density at radius 3 is 2.82 bits per heavy atom. The van der Waals surface area contributed by atoms with Gasteiger partial charge in [-0.05, 0) is 25.8 Å². The van der Waals surface area contributed by atoms with Gasteiger partial charge in [-0.2, -0.15) is 0 Å². The quantitative estimate of drug-likeness (QED) is 0.242. The summed E-state index contributed by atoms with van der Waals surface area (Å²) in [6, 6.07) is 0. The molecule has 0 aliphatic rings. The minimum Gasteiger partial charge on any atom is -0.433 e. The van der Waals surface area contributed by atoms with Crippen LogP contribution in [0.5, 0.6) is 0 Å². The van der Waals surface area contributed by atoms with Crippen molar-refractivity contribution in [1.29, 1.82) is 0 Å². The highest BCUT2D eigenvalue weighted by Crippen LogP contribution is 2.06. The summed E-state index contributed by atoms with van der Waals surface area (Å²) in [5.41, 5.74) is 0. The van der Waals surface area contributed by atoms with Gasteiger partial charge in [0.2, 0.25) is 0 Å². The van der Waals surface area contributed by atoms with Crippen LogP contribution in [-0.4, -0.2) is 6.47 Å². The van der Waals surface area contributed by atoms with Crippen LogP contribution in [0.25, 0.3) is 0 Å². The van der Waals surface area contributed by atoms with E-state index in [9.17, 15) is 4.79 Å². The van der Waals surface area contributed by atoms with E-state index in [1.54, 1.807) is 0 Å². The van der Waals surface area contributed by atoms with E-state index in [2.05, 4.69) is 11.3 Å². The van der Waals surface area contributed by atoms with E-state index >= 15 is 0 Å². The van der Waals surface area contributed by atoms with E-state index in [0.717, 1.165) is 19.3 Å². The Balaban J connectivity index is 3.16. The van der Waals surface area contributed by atoms with Crippen LogP contribution in [0.15, 0.2) is 18.4 Å². The fourth-order valence-corrected chi connectivity index (χ4v) is 0.709. The molecule has 61 valence electrons. The number of rotatable bonds is 7. The van der Waals surface area contributed by atoms with Crippen LogP contribution >= 0.6 is 0 Å². The van der Waals surface area contributed by atoms with Crippen molar-refractivity contribution in [2.75, 3.05) is 0 Å². The zero-order valence-electron chi connectivity index (χ0n) is 6.58. The highest BCUT2D eigenvalue weighted by atomic mass is 16.5. The Kier molecular flexibility index (Phi) is 6.39. The van der Waals surface area contributed by atoms with Gasteiger partial charge in [-0.3, -0.25) is 4.79 Å². The van der Waals surface area contributed by atoms with Gasteiger partial charge in [-0.1, -0.05) is 6.08 Å². The van der Waals surface area contributed by atoms with Crippen LogP contribution in [0.2, 0.25) is 0 Å². The third-order valence-electron chi connectivity index (χ3n) is 1.28. The maximum Gasteiger partial charge on any atom is 0.298 e. The van der Waals surface area contributed by atoms with E-state index in [-0.39, 0.29) is 0 Å². The molecule has 0 aromatic rings. The predicted octanol–water partition coefficient (Wildman–Crippen LogP) is 2.22. The summed E-state index contributed by atoms with van der Waals surface area (Å²) >= 11 is 0. The number of allylic oxidation sites excluding steroid dienone is 2. The fourth-order valence-electron chi connectivity index (χ4n) is 0.709. The monoisotopic (exact) mass is 153 g/mol. The molecule has 0 aliphatic carbocycles.